The molecule has 1 fully saturated rings. The lowest BCUT2D eigenvalue weighted by Crippen LogP contribution is -2.33. The van der Waals surface area contributed by atoms with Crippen LogP contribution >= 0.6 is 0 Å². The number of rotatable bonds is 4. The number of carbonyl (C=O) groups is 1. The van der Waals surface area contributed by atoms with Crippen LogP contribution in [0.25, 0.3) is 5.57 Å². The van der Waals surface area contributed by atoms with Gasteiger partial charge in [-0.3, -0.25) is 9.78 Å². The molecule has 1 aromatic heterocycles. The maximum absolute atomic E-state index is 11.7. The van der Waals surface area contributed by atoms with E-state index in [4.69, 9.17) is 14.5 Å². The van der Waals surface area contributed by atoms with E-state index in [0.29, 0.717) is 19.6 Å². The Morgan fingerprint density at radius 1 is 1.24 bits per heavy atom. The first-order valence-electron chi connectivity index (χ1n) is 10.4. The van der Waals surface area contributed by atoms with Gasteiger partial charge in [-0.05, 0) is 44.4 Å². The van der Waals surface area contributed by atoms with Gasteiger partial charge < -0.3 is 14.4 Å². The van der Waals surface area contributed by atoms with Crippen molar-refractivity contribution in [3.05, 3.63) is 64.5 Å². The lowest BCUT2D eigenvalue weighted by molar-refractivity contribution is -0.143. The maximum Gasteiger partial charge on any atom is 0.307 e. The minimum atomic E-state index is -0.111. The Morgan fingerprint density at radius 2 is 2.07 bits per heavy atom. The van der Waals surface area contributed by atoms with Gasteiger partial charge in [0.05, 0.1) is 18.7 Å². The molecule has 0 saturated carbocycles. The molecular weight excluding hydrogens is 364 g/mol. The van der Waals surface area contributed by atoms with E-state index in [2.05, 4.69) is 36.1 Å². The molecule has 0 amide bonds. The van der Waals surface area contributed by atoms with Crippen molar-refractivity contribution in [3.8, 4) is 5.75 Å². The molecule has 152 valence electrons. The Hall–Kier alpha value is -2.66. The molecule has 0 spiro atoms. The summed E-state index contributed by atoms with van der Waals surface area (Å²) in [5.41, 5.74) is 7.17. The summed E-state index contributed by atoms with van der Waals surface area (Å²) in [6.45, 7) is 7.58. The highest BCUT2D eigenvalue weighted by Gasteiger charge is 2.25. The third-order valence-corrected chi connectivity index (χ3v) is 5.67. The lowest BCUT2D eigenvalue weighted by Gasteiger charge is -2.29. The van der Waals surface area contributed by atoms with Gasteiger partial charge in [-0.2, -0.15) is 0 Å². The third-order valence-electron chi connectivity index (χ3n) is 5.67. The van der Waals surface area contributed by atoms with Crippen molar-refractivity contribution in [1.82, 2.24) is 9.88 Å². The minimum Gasteiger partial charge on any atom is -0.488 e. The number of benzene rings is 1. The topological polar surface area (TPSA) is 51.7 Å². The first kappa shape index (κ1) is 19.6. The molecule has 2 aliphatic heterocycles. The molecular formula is C24H28N2O3. The van der Waals surface area contributed by atoms with E-state index < -0.39 is 0 Å². The molecule has 2 aliphatic rings. The fraction of sp³-hybridized carbons (Fsp3) is 0.417. The second kappa shape index (κ2) is 8.78. The van der Waals surface area contributed by atoms with Gasteiger partial charge in [-0.1, -0.05) is 23.8 Å². The van der Waals surface area contributed by atoms with Crippen LogP contribution in [0.2, 0.25) is 0 Å². The summed E-state index contributed by atoms with van der Waals surface area (Å²) in [6, 6.07) is 10.5. The fourth-order valence-corrected chi connectivity index (χ4v) is 4.16. The summed E-state index contributed by atoms with van der Waals surface area (Å²) in [7, 11) is 0. The number of carbonyl (C=O) groups excluding carboxylic acids is 1. The largest absolute Gasteiger partial charge is 0.488 e. The molecule has 0 unspecified atom stereocenters. The molecule has 2 aromatic rings. The number of esters is 1. The summed E-state index contributed by atoms with van der Waals surface area (Å²) < 4.78 is 11.2. The van der Waals surface area contributed by atoms with Crippen LogP contribution < -0.4 is 4.74 Å². The van der Waals surface area contributed by atoms with Crippen molar-refractivity contribution in [2.75, 3.05) is 26.2 Å². The minimum absolute atomic E-state index is 0.111. The fourth-order valence-electron chi connectivity index (χ4n) is 4.16. The van der Waals surface area contributed by atoms with Gasteiger partial charge in [0, 0.05) is 42.5 Å². The summed E-state index contributed by atoms with van der Waals surface area (Å²) in [6.07, 6.45) is 4.27. The zero-order valence-corrected chi connectivity index (χ0v) is 17.2. The summed E-state index contributed by atoms with van der Waals surface area (Å²) in [4.78, 5) is 18.8. The third kappa shape index (κ3) is 4.35. The number of likely N-dealkylation sites (tertiary alicyclic amines) is 1. The van der Waals surface area contributed by atoms with Crippen LogP contribution in [0.3, 0.4) is 0 Å². The molecule has 3 heterocycles. The number of piperidine rings is 1. The van der Waals surface area contributed by atoms with E-state index in [1.807, 2.05) is 19.2 Å². The summed E-state index contributed by atoms with van der Waals surface area (Å²) in [5.74, 6) is 0.829. The van der Waals surface area contributed by atoms with Crippen LogP contribution in [0, 0.1) is 6.92 Å². The maximum atomic E-state index is 11.7. The van der Waals surface area contributed by atoms with Gasteiger partial charge in [-0.25, -0.2) is 0 Å². The number of hydrogen-bond acceptors (Lipinski definition) is 5. The molecule has 0 N–H and O–H groups in total. The van der Waals surface area contributed by atoms with E-state index in [9.17, 15) is 4.79 Å². The van der Waals surface area contributed by atoms with Crippen molar-refractivity contribution in [2.24, 2.45) is 0 Å². The Bertz CT molecular complexity index is 925. The molecule has 0 aliphatic carbocycles. The standard InChI is InChI=1S/C24H28N2O3/c1-3-28-22(27)10-14-26-12-8-18(9-13-26)23-20-7-6-17(2)15-21(20)29-16-19-5-4-11-25-24(19)23/h4-7,11,15H,3,8-10,12-14,16H2,1-2H3. The second-order valence-corrected chi connectivity index (χ2v) is 7.67. The number of ether oxygens (including phenoxy) is 2. The number of nitrogens with zero attached hydrogens (tertiary/aromatic N) is 2. The molecule has 4 rings (SSSR count). The van der Waals surface area contributed by atoms with Gasteiger partial charge in [0.2, 0.25) is 0 Å². The van der Waals surface area contributed by atoms with Crippen molar-refractivity contribution in [2.45, 2.75) is 39.7 Å². The van der Waals surface area contributed by atoms with Crippen molar-refractivity contribution in [3.63, 3.8) is 0 Å². The van der Waals surface area contributed by atoms with Crippen LogP contribution in [0.1, 0.15) is 48.6 Å². The van der Waals surface area contributed by atoms with Gasteiger partial charge in [0.15, 0.2) is 0 Å². The Morgan fingerprint density at radius 3 is 2.86 bits per heavy atom. The summed E-state index contributed by atoms with van der Waals surface area (Å²) in [5, 5.41) is 0. The zero-order valence-electron chi connectivity index (χ0n) is 17.2. The highest BCUT2D eigenvalue weighted by Crippen LogP contribution is 2.40. The lowest BCUT2D eigenvalue weighted by atomic mass is 9.89. The van der Waals surface area contributed by atoms with E-state index in [1.165, 1.54) is 16.7 Å². The number of aryl methyl sites for hydroxylation is 1. The first-order valence-corrected chi connectivity index (χ1v) is 10.4. The molecule has 0 atom stereocenters. The monoisotopic (exact) mass is 392 g/mol. The predicted molar refractivity (Wildman–Crippen MR) is 113 cm³/mol. The highest BCUT2D eigenvalue weighted by molar-refractivity contribution is 5.85. The number of aromatic nitrogens is 1. The second-order valence-electron chi connectivity index (χ2n) is 7.67. The van der Waals surface area contributed by atoms with Crippen molar-refractivity contribution in [1.29, 1.82) is 0 Å². The zero-order chi connectivity index (χ0) is 20.2. The van der Waals surface area contributed by atoms with E-state index >= 15 is 0 Å². The Balaban J connectivity index is 1.61. The molecule has 1 saturated heterocycles. The van der Waals surface area contributed by atoms with Crippen LogP contribution in [0.4, 0.5) is 0 Å². The highest BCUT2D eigenvalue weighted by atomic mass is 16.5. The van der Waals surface area contributed by atoms with E-state index in [0.717, 1.165) is 55.0 Å². The normalized spacial score (nSPS) is 16.5. The average molecular weight is 392 g/mol. The Labute approximate surface area is 172 Å². The van der Waals surface area contributed by atoms with Crippen LogP contribution in [0.5, 0.6) is 5.75 Å². The van der Waals surface area contributed by atoms with Gasteiger partial charge >= 0.3 is 5.97 Å². The van der Waals surface area contributed by atoms with Gasteiger partial charge in [-0.15, -0.1) is 0 Å². The number of hydrogen-bond donors (Lipinski definition) is 0. The van der Waals surface area contributed by atoms with Crippen molar-refractivity contribution < 1.29 is 14.3 Å². The molecule has 29 heavy (non-hydrogen) atoms. The Kier molecular flexibility index (Phi) is 5.95. The van der Waals surface area contributed by atoms with E-state index in [-0.39, 0.29) is 5.97 Å². The molecule has 0 bridgehead atoms. The smallest absolute Gasteiger partial charge is 0.307 e. The van der Waals surface area contributed by atoms with Crippen LogP contribution in [0.15, 0.2) is 42.1 Å². The molecule has 5 nitrogen and oxygen atoms in total. The van der Waals surface area contributed by atoms with Crippen LogP contribution in [-0.4, -0.2) is 42.1 Å². The number of pyridine rings is 1. The molecule has 0 radical (unpaired) electrons. The summed E-state index contributed by atoms with van der Waals surface area (Å²) >= 11 is 0. The molecule has 1 aromatic carbocycles. The SMILES string of the molecule is CCOC(=O)CCN1CCC(=C2c3ccc(C)cc3OCc3cccnc32)CC1. The van der Waals surface area contributed by atoms with E-state index in [1.54, 1.807) is 0 Å². The predicted octanol–water partition coefficient (Wildman–Crippen LogP) is 4.13. The van der Waals surface area contributed by atoms with Crippen molar-refractivity contribution >= 4 is 11.5 Å². The van der Waals surface area contributed by atoms with Gasteiger partial charge in [0.1, 0.15) is 12.4 Å². The first-order chi connectivity index (χ1) is 14.2. The number of fused-ring (bicyclic) bond motifs is 2. The molecule has 5 heteroatoms. The van der Waals surface area contributed by atoms with Gasteiger partial charge in [0.25, 0.3) is 0 Å². The average Bonchev–Trinajstić information content (AvgIpc) is 2.89. The van der Waals surface area contributed by atoms with Crippen LogP contribution in [-0.2, 0) is 16.1 Å². The quantitative estimate of drug-likeness (QED) is 0.732.